The van der Waals surface area contributed by atoms with Crippen LogP contribution in [0.2, 0.25) is 0 Å². The van der Waals surface area contributed by atoms with Crippen molar-refractivity contribution in [1.29, 1.82) is 0 Å². The van der Waals surface area contributed by atoms with Crippen molar-refractivity contribution in [2.45, 2.75) is 64.2 Å². The third-order valence-electron chi connectivity index (χ3n) is 3.34. The predicted molar refractivity (Wildman–Crippen MR) is 113 cm³/mol. The molecule has 0 atom stereocenters. The molecule has 0 fully saturated rings. The van der Waals surface area contributed by atoms with Gasteiger partial charge in [-0.1, -0.05) is 38.5 Å². The summed E-state index contributed by atoms with van der Waals surface area (Å²) in [4.78, 5) is 0. The average Bonchev–Trinajstić information content (AvgIpc) is 2.39. The van der Waals surface area contributed by atoms with Crippen LogP contribution in [0.1, 0.15) is 64.2 Å². The Morgan fingerprint density at radius 2 is 0.952 bits per heavy atom. The number of nitrogens with two attached hydrogens (primary N) is 1. The molecule has 4 N–H and O–H groups in total. The van der Waals surface area contributed by atoms with Crippen molar-refractivity contribution in [3.63, 3.8) is 0 Å². The summed E-state index contributed by atoms with van der Waals surface area (Å²) in [6, 6.07) is 0. The second-order valence-corrected chi connectivity index (χ2v) is 5.18. The Bertz CT molecular complexity index is 136. The molecule has 0 aliphatic rings. The normalized spacial score (nSPS) is 9.43. The highest BCUT2D eigenvalue weighted by Gasteiger charge is 1.92. The van der Waals surface area contributed by atoms with Gasteiger partial charge in [-0.05, 0) is 58.9 Å². The summed E-state index contributed by atoms with van der Waals surface area (Å²) in [6.45, 7) is 4.42. The fourth-order valence-corrected chi connectivity index (χ4v) is 2.13. The zero-order chi connectivity index (χ0) is 13.3. The van der Waals surface area contributed by atoms with Crippen molar-refractivity contribution in [3.8, 4) is 0 Å². The molecule has 0 aliphatic carbocycles. The summed E-state index contributed by atoms with van der Waals surface area (Å²) in [6.07, 6.45) is 13.4. The van der Waals surface area contributed by atoms with Crippen LogP contribution in [0.4, 0.5) is 0 Å². The quantitative estimate of drug-likeness (QED) is 0.293. The number of unbranched alkanes of at least 4 members (excludes halogenated alkanes) is 8. The summed E-state index contributed by atoms with van der Waals surface area (Å²) >= 11 is 0. The van der Waals surface area contributed by atoms with Gasteiger partial charge in [-0.25, -0.2) is 0 Å². The van der Waals surface area contributed by atoms with E-state index in [9.17, 15) is 0 Å². The minimum Gasteiger partial charge on any atom is -0.330 e. The van der Waals surface area contributed by atoms with E-state index in [1.807, 2.05) is 7.05 Å². The summed E-state index contributed by atoms with van der Waals surface area (Å²) in [5.74, 6) is 0. The predicted octanol–water partition coefficient (Wildman–Crippen LogP) is 4.39. The Morgan fingerprint density at radius 3 is 1.38 bits per heavy atom. The molecule has 0 amide bonds. The van der Waals surface area contributed by atoms with Gasteiger partial charge >= 0.3 is 0 Å². The van der Waals surface area contributed by atoms with Crippen LogP contribution in [0.25, 0.3) is 0 Å². The van der Waals surface area contributed by atoms with Crippen LogP contribution in [0.3, 0.4) is 0 Å². The van der Waals surface area contributed by atoms with Gasteiger partial charge in [-0.2, -0.15) is 0 Å². The Hall–Kier alpha value is 1.32. The van der Waals surface area contributed by atoms with Crippen LogP contribution in [0.15, 0.2) is 0 Å². The van der Waals surface area contributed by atoms with E-state index in [1.54, 1.807) is 0 Å². The molecule has 0 aliphatic heterocycles. The van der Waals surface area contributed by atoms with Gasteiger partial charge in [0.05, 0.1) is 0 Å². The summed E-state index contributed by atoms with van der Waals surface area (Å²) < 4.78 is 0. The summed E-state index contributed by atoms with van der Waals surface area (Å²) in [7, 11) is 2.03. The maximum Gasteiger partial charge on any atom is -0.00489 e. The fourth-order valence-electron chi connectivity index (χ4n) is 2.13. The van der Waals surface area contributed by atoms with E-state index in [0.717, 1.165) is 6.54 Å². The molecule has 0 rings (SSSR count). The zero-order valence-electron chi connectivity index (χ0n) is 13.7. The molecule has 0 saturated heterocycles. The van der Waals surface area contributed by atoms with Crippen LogP contribution in [0.5, 0.6) is 0 Å². The van der Waals surface area contributed by atoms with E-state index in [2.05, 4.69) is 10.6 Å². The van der Waals surface area contributed by atoms with E-state index in [0.29, 0.717) is 0 Å². The molecular weight excluding hydrogens is 462 g/mol. The third-order valence-corrected chi connectivity index (χ3v) is 3.34. The van der Waals surface area contributed by atoms with Crippen molar-refractivity contribution >= 4 is 50.9 Å². The second-order valence-electron chi connectivity index (χ2n) is 5.18. The molecule has 0 saturated carbocycles. The van der Waals surface area contributed by atoms with Crippen molar-refractivity contribution in [3.05, 3.63) is 0 Å². The lowest BCUT2D eigenvalue weighted by atomic mass is 10.1. The van der Waals surface area contributed by atoms with Gasteiger partial charge in [0.15, 0.2) is 0 Å². The molecular formula is C15H38Br3N3. The molecule has 0 radical (unpaired) electrons. The van der Waals surface area contributed by atoms with Crippen molar-refractivity contribution in [1.82, 2.24) is 10.6 Å². The second kappa shape index (κ2) is 29.3. The summed E-state index contributed by atoms with van der Waals surface area (Å²) in [5.41, 5.74) is 5.46. The van der Waals surface area contributed by atoms with Crippen LogP contribution >= 0.6 is 50.9 Å². The molecule has 0 spiro atoms. The van der Waals surface area contributed by atoms with Gasteiger partial charge in [0.25, 0.3) is 0 Å². The molecule has 0 aromatic heterocycles. The van der Waals surface area contributed by atoms with Crippen molar-refractivity contribution in [2.75, 3.05) is 33.2 Å². The van der Waals surface area contributed by atoms with E-state index in [4.69, 9.17) is 5.73 Å². The summed E-state index contributed by atoms with van der Waals surface area (Å²) in [5, 5.41) is 6.73. The number of hydrogen-bond donors (Lipinski definition) is 3. The fraction of sp³-hybridized carbons (Fsp3) is 1.00. The first kappa shape index (κ1) is 30.2. The SMILES string of the molecule is Br.Br.Br.CNCCCCCCCNCCCCCCCN. The van der Waals surface area contributed by atoms with Crippen LogP contribution in [0, 0.1) is 0 Å². The molecule has 6 heteroatoms. The lowest BCUT2D eigenvalue weighted by molar-refractivity contribution is 0.544. The molecule has 134 valence electrons. The highest BCUT2D eigenvalue weighted by atomic mass is 79.9. The molecule has 0 unspecified atom stereocenters. The molecule has 0 bridgehead atoms. The smallest absolute Gasteiger partial charge is 0.00489 e. The molecule has 21 heavy (non-hydrogen) atoms. The van der Waals surface area contributed by atoms with E-state index >= 15 is 0 Å². The maximum atomic E-state index is 5.46. The largest absolute Gasteiger partial charge is 0.330 e. The van der Waals surface area contributed by atoms with Gasteiger partial charge in [-0.15, -0.1) is 50.9 Å². The van der Waals surface area contributed by atoms with Gasteiger partial charge in [0.1, 0.15) is 0 Å². The van der Waals surface area contributed by atoms with Gasteiger partial charge in [-0.3, -0.25) is 0 Å². The van der Waals surface area contributed by atoms with Crippen LogP contribution in [-0.2, 0) is 0 Å². The van der Waals surface area contributed by atoms with Gasteiger partial charge < -0.3 is 16.4 Å². The van der Waals surface area contributed by atoms with Gasteiger partial charge in [0, 0.05) is 0 Å². The number of nitrogens with one attached hydrogen (secondary N) is 2. The minimum absolute atomic E-state index is 0. The highest BCUT2D eigenvalue weighted by Crippen LogP contribution is 2.02. The average molecular weight is 500 g/mol. The third kappa shape index (κ3) is 29.9. The van der Waals surface area contributed by atoms with Crippen molar-refractivity contribution < 1.29 is 0 Å². The molecule has 0 aromatic rings. The topological polar surface area (TPSA) is 50.1 Å². The van der Waals surface area contributed by atoms with Gasteiger partial charge in [0.2, 0.25) is 0 Å². The lowest BCUT2D eigenvalue weighted by Gasteiger charge is -2.05. The maximum absolute atomic E-state index is 5.46. The number of rotatable bonds is 15. The number of halogens is 3. The zero-order valence-corrected chi connectivity index (χ0v) is 18.8. The van der Waals surface area contributed by atoms with E-state index in [-0.39, 0.29) is 50.9 Å². The van der Waals surface area contributed by atoms with Crippen LogP contribution in [-0.4, -0.2) is 33.2 Å². The van der Waals surface area contributed by atoms with Crippen LogP contribution < -0.4 is 16.4 Å². The van der Waals surface area contributed by atoms with Crippen molar-refractivity contribution in [2.24, 2.45) is 5.73 Å². The highest BCUT2D eigenvalue weighted by molar-refractivity contribution is 8.93. The molecule has 0 heterocycles. The number of hydrogen-bond acceptors (Lipinski definition) is 3. The Labute approximate surface area is 164 Å². The first-order chi connectivity index (χ1) is 8.91. The van der Waals surface area contributed by atoms with E-state index in [1.165, 1.54) is 83.8 Å². The Morgan fingerprint density at radius 1 is 0.571 bits per heavy atom. The molecule has 3 nitrogen and oxygen atoms in total. The standard InChI is InChI=1S/C15H35N3.3BrH/c1-17-13-9-5-3-7-11-15-18-14-10-6-2-4-8-12-16;;;/h17-18H,2-16H2,1H3;3*1H. The minimum atomic E-state index is 0. The monoisotopic (exact) mass is 497 g/mol. The first-order valence-electron chi connectivity index (χ1n) is 7.97. The van der Waals surface area contributed by atoms with E-state index < -0.39 is 0 Å². The molecule has 0 aromatic carbocycles. The Kier molecular flexibility index (Phi) is 42.2. The first-order valence-corrected chi connectivity index (χ1v) is 7.97. The lowest BCUT2D eigenvalue weighted by Crippen LogP contribution is -2.16. The Balaban J connectivity index is -0.000000482.